The number of methoxy groups -OCH3 is 2. The largest absolute Gasteiger partial charge is 0.385 e. The van der Waals surface area contributed by atoms with Crippen molar-refractivity contribution in [3.05, 3.63) is 0 Å². The maximum atomic E-state index is 11.5. The maximum Gasteiger partial charge on any atom is 0.233 e. The van der Waals surface area contributed by atoms with Gasteiger partial charge in [-0.1, -0.05) is 0 Å². The zero-order valence-electron chi connectivity index (χ0n) is 11.3. The van der Waals surface area contributed by atoms with E-state index >= 15 is 0 Å². The lowest BCUT2D eigenvalue weighted by Crippen LogP contribution is -2.46. The maximum absolute atomic E-state index is 11.5. The van der Waals surface area contributed by atoms with E-state index in [2.05, 4.69) is 10.6 Å². The summed E-state index contributed by atoms with van der Waals surface area (Å²) >= 11 is 0. The number of amides is 1. The first-order valence-electron chi connectivity index (χ1n) is 6.32. The third-order valence-corrected chi connectivity index (χ3v) is 3.08. The van der Waals surface area contributed by atoms with Crippen LogP contribution in [0.3, 0.4) is 0 Å². The Bertz CT molecular complexity index is 242. The van der Waals surface area contributed by atoms with Crippen LogP contribution in [0, 0.1) is 0 Å². The van der Waals surface area contributed by atoms with Crippen molar-refractivity contribution in [2.45, 2.75) is 18.4 Å². The number of hydrogen-bond donors (Lipinski definition) is 2. The van der Waals surface area contributed by atoms with E-state index in [1.54, 1.807) is 14.2 Å². The molecule has 1 rings (SSSR count). The fraction of sp³-hybridized carbons (Fsp3) is 0.917. The predicted octanol–water partition coefficient (Wildman–Crippen LogP) is -0.466. The Kier molecular flexibility index (Phi) is 7.19. The number of nitrogens with one attached hydrogen (secondary N) is 2. The van der Waals surface area contributed by atoms with Gasteiger partial charge < -0.3 is 24.8 Å². The zero-order chi connectivity index (χ0) is 13.3. The minimum atomic E-state index is -0.268. The fourth-order valence-corrected chi connectivity index (χ4v) is 1.87. The molecule has 0 bridgehead atoms. The minimum absolute atomic E-state index is 0.00345. The number of rotatable bonds is 9. The van der Waals surface area contributed by atoms with Crippen LogP contribution < -0.4 is 10.6 Å². The highest BCUT2D eigenvalue weighted by molar-refractivity contribution is 5.77. The first kappa shape index (κ1) is 15.4. The lowest BCUT2D eigenvalue weighted by Gasteiger charge is -2.25. The van der Waals surface area contributed by atoms with Gasteiger partial charge in [-0.25, -0.2) is 0 Å². The molecule has 0 aromatic rings. The monoisotopic (exact) mass is 260 g/mol. The van der Waals surface area contributed by atoms with Crippen LogP contribution in [0.1, 0.15) is 12.8 Å². The number of carbonyl (C=O) groups is 1. The van der Waals surface area contributed by atoms with Crippen LogP contribution in [0.4, 0.5) is 0 Å². The Labute approximate surface area is 108 Å². The molecular formula is C12H24N2O4. The average molecular weight is 260 g/mol. The molecule has 0 radical (unpaired) electrons. The molecule has 0 aliphatic carbocycles. The summed E-state index contributed by atoms with van der Waals surface area (Å²) in [6.45, 7) is 3.56. The van der Waals surface area contributed by atoms with Gasteiger partial charge >= 0.3 is 0 Å². The molecule has 106 valence electrons. The van der Waals surface area contributed by atoms with Gasteiger partial charge in [0.2, 0.25) is 5.91 Å². The molecule has 1 aliphatic heterocycles. The molecule has 2 N–H and O–H groups in total. The lowest BCUT2D eigenvalue weighted by molar-refractivity contribution is -0.120. The molecule has 1 unspecified atom stereocenters. The van der Waals surface area contributed by atoms with Crippen molar-refractivity contribution < 1.29 is 19.0 Å². The Hall–Kier alpha value is -0.690. The van der Waals surface area contributed by atoms with Crippen molar-refractivity contribution in [1.82, 2.24) is 10.6 Å². The van der Waals surface area contributed by atoms with E-state index in [4.69, 9.17) is 14.2 Å². The highest BCUT2D eigenvalue weighted by Gasteiger charge is 2.34. The topological polar surface area (TPSA) is 68.8 Å². The van der Waals surface area contributed by atoms with Gasteiger partial charge in [-0.05, 0) is 6.42 Å². The molecule has 1 fully saturated rings. The highest BCUT2D eigenvalue weighted by Crippen LogP contribution is 2.21. The van der Waals surface area contributed by atoms with Gasteiger partial charge in [0.1, 0.15) is 5.60 Å². The summed E-state index contributed by atoms with van der Waals surface area (Å²) in [5.41, 5.74) is -0.268. The van der Waals surface area contributed by atoms with E-state index in [0.29, 0.717) is 32.8 Å². The number of ether oxygens (including phenoxy) is 3. The summed E-state index contributed by atoms with van der Waals surface area (Å²) in [7, 11) is 3.33. The molecule has 0 spiro atoms. The molecule has 1 atom stereocenters. The van der Waals surface area contributed by atoms with Crippen molar-refractivity contribution >= 4 is 5.91 Å². The molecule has 1 aliphatic rings. The predicted molar refractivity (Wildman–Crippen MR) is 67.5 cm³/mol. The Morgan fingerprint density at radius 2 is 2.28 bits per heavy atom. The van der Waals surface area contributed by atoms with Gasteiger partial charge in [0.05, 0.1) is 13.2 Å². The van der Waals surface area contributed by atoms with Crippen molar-refractivity contribution in [2.75, 3.05) is 53.7 Å². The SMILES string of the molecule is COCCCNC(=O)CNCC1(OC)CCOC1. The van der Waals surface area contributed by atoms with E-state index in [9.17, 15) is 4.79 Å². The Morgan fingerprint density at radius 3 is 2.89 bits per heavy atom. The first-order valence-corrected chi connectivity index (χ1v) is 6.32. The summed E-state index contributed by atoms with van der Waals surface area (Å²) in [4.78, 5) is 11.5. The van der Waals surface area contributed by atoms with Gasteiger partial charge in [-0.15, -0.1) is 0 Å². The normalized spacial score (nSPS) is 23.2. The molecule has 6 nitrogen and oxygen atoms in total. The summed E-state index contributed by atoms with van der Waals surface area (Å²) in [5, 5.41) is 5.93. The quantitative estimate of drug-likeness (QED) is 0.549. The Balaban J connectivity index is 2.07. The summed E-state index contributed by atoms with van der Waals surface area (Å²) in [6.07, 6.45) is 1.70. The molecule has 1 amide bonds. The molecule has 1 saturated heterocycles. The summed E-state index contributed by atoms with van der Waals surface area (Å²) in [6, 6.07) is 0. The second-order valence-electron chi connectivity index (χ2n) is 4.49. The third-order valence-electron chi connectivity index (χ3n) is 3.08. The summed E-state index contributed by atoms with van der Waals surface area (Å²) < 4.78 is 15.7. The number of hydrogen-bond acceptors (Lipinski definition) is 5. The van der Waals surface area contributed by atoms with Crippen molar-refractivity contribution in [1.29, 1.82) is 0 Å². The molecule has 0 saturated carbocycles. The van der Waals surface area contributed by atoms with Crippen LogP contribution in [0.2, 0.25) is 0 Å². The van der Waals surface area contributed by atoms with E-state index in [-0.39, 0.29) is 11.5 Å². The van der Waals surface area contributed by atoms with Crippen molar-refractivity contribution in [2.24, 2.45) is 0 Å². The van der Waals surface area contributed by atoms with Gasteiger partial charge in [0, 0.05) is 46.9 Å². The van der Waals surface area contributed by atoms with Crippen molar-refractivity contribution in [3.63, 3.8) is 0 Å². The van der Waals surface area contributed by atoms with Crippen LogP contribution in [-0.4, -0.2) is 65.2 Å². The smallest absolute Gasteiger partial charge is 0.233 e. The zero-order valence-corrected chi connectivity index (χ0v) is 11.3. The number of carbonyl (C=O) groups excluding carboxylic acids is 1. The molecule has 0 aromatic heterocycles. The minimum Gasteiger partial charge on any atom is -0.385 e. The molecule has 6 heteroatoms. The van der Waals surface area contributed by atoms with Crippen LogP contribution in [0.25, 0.3) is 0 Å². The van der Waals surface area contributed by atoms with E-state index in [1.165, 1.54) is 0 Å². The van der Waals surface area contributed by atoms with Gasteiger partial charge in [-0.3, -0.25) is 4.79 Å². The average Bonchev–Trinajstić information content (AvgIpc) is 2.84. The molecule has 0 aromatic carbocycles. The van der Waals surface area contributed by atoms with Crippen LogP contribution in [0.15, 0.2) is 0 Å². The summed E-state index contributed by atoms with van der Waals surface area (Å²) in [5.74, 6) is -0.00345. The lowest BCUT2D eigenvalue weighted by atomic mass is 10.0. The molecular weight excluding hydrogens is 236 g/mol. The molecule has 1 heterocycles. The third kappa shape index (κ3) is 5.30. The van der Waals surface area contributed by atoms with E-state index in [0.717, 1.165) is 19.4 Å². The van der Waals surface area contributed by atoms with Crippen LogP contribution in [-0.2, 0) is 19.0 Å². The van der Waals surface area contributed by atoms with Gasteiger partial charge in [-0.2, -0.15) is 0 Å². The standard InChI is InChI=1S/C12H24N2O4/c1-16-6-3-5-14-11(15)8-13-9-12(17-2)4-7-18-10-12/h13H,3-10H2,1-2H3,(H,14,15). The second-order valence-corrected chi connectivity index (χ2v) is 4.49. The van der Waals surface area contributed by atoms with Crippen molar-refractivity contribution in [3.8, 4) is 0 Å². The van der Waals surface area contributed by atoms with Gasteiger partial charge in [0.15, 0.2) is 0 Å². The highest BCUT2D eigenvalue weighted by atomic mass is 16.5. The van der Waals surface area contributed by atoms with Gasteiger partial charge in [0.25, 0.3) is 0 Å². The van der Waals surface area contributed by atoms with Crippen LogP contribution in [0.5, 0.6) is 0 Å². The van der Waals surface area contributed by atoms with E-state index < -0.39 is 0 Å². The van der Waals surface area contributed by atoms with Crippen LogP contribution >= 0.6 is 0 Å². The fourth-order valence-electron chi connectivity index (χ4n) is 1.87. The molecule has 18 heavy (non-hydrogen) atoms. The van der Waals surface area contributed by atoms with E-state index in [1.807, 2.05) is 0 Å². The first-order chi connectivity index (χ1) is 8.72. The second kappa shape index (κ2) is 8.42. The Morgan fingerprint density at radius 1 is 1.44 bits per heavy atom.